The monoisotopic (exact) mass is 814 g/mol. The first-order valence-electron chi connectivity index (χ1n) is 22.0. The summed E-state index contributed by atoms with van der Waals surface area (Å²) in [7, 11) is 0. The number of hydrogen-bond acceptors (Lipinski definition) is 0. The maximum absolute atomic E-state index is 2.48. The number of benzene rings is 10. The molecule has 0 spiro atoms. The average molecular weight is 815 g/mol. The summed E-state index contributed by atoms with van der Waals surface area (Å²) < 4.78 is 9.77. The topological polar surface area (TPSA) is 19.7 Å². The predicted molar refractivity (Wildman–Crippen MR) is 269 cm³/mol. The molecule has 4 heterocycles. The second-order valence-electron chi connectivity index (χ2n) is 16.9. The molecule has 0 atom stereocenters. The van der Waals surface area contributed by atoms with E-state index in [9.17, 15) is 0 Å². The molecule has 10 aromatic carbocycles. The van der Waals surface area contributed by atoms with Crippen LogP contribution in [0, 0.1) is 0 Å². The van der Waals surface area contributed by atoms with Crippen molar-refractivity contribution in [3.05, 3.63) is 231 Å². The molecular weight excluding hydrogens is 777 g/mol. The van der Waals surface area contributed by atoms with Crippen LogP contribution in [0.5, 0.6) is 0 Å². The van der Waals surface area contributed by atoms with Gasteiger partial charge in [0, 0.05) is 65.8 Å². The van der Waals surface area contributed by atoms with Gasteiger partial charge in [-0.3, -0.25) is 0 Å². The maximum atomic E-state index is 2.48. The van der Waals surface area contributed by atoms with Crippen LogP contribution in [0.25, 0.3) is 121 Å². The van der Waals surface area contributed by atoms with E-state index >= 15 is 0 Å². The Labute approximate surface area is 368 Å². The minimum atomic E-state index is 1.14. The van der Waals surface area contributed by atoms with Crippen molar-refractivity contribution in [3.8, 4) is 33.9 Å². The number of nitrogens with zero attached hydrogens (tertiary/aromatic N) is 4. The Balaban J connectivity index is 0.990. The fraction of sp³-hybridized carbons (Fsp3) is 0. The highest BCUT2D eigenvalue weighted by atomic mass is 15.0. The molecule has 64 heavy (non-hydrogen) atoms. The highest BCUT2D eigenvalue weighted by Gasteiger charge is 2.22. The number of hydrogen-bond donors (Lipinski definition) is 0. The SMILES string of the molecule is c1ccc(-c2ccc(-n3c4ccccc4c4ccc5c(c6ccccc6n5-c5ccc6c(c5)c5ccccc5n6-c5ccc6c(c5)c5ccccc5n6-c5ccccc5)c43)cc2)cc1. The molecule has 14 rings (SSSR count). The molecule has 4 nitrogen and oxygen atoms in total. The molecular formula is C60H38N4. The summed E-state index contributed by atoms with van der Waals surface area (Å²) in [4.78, 5) is 0. The summed E-state index contributed by atoms with van der Waals surface area (Å²) >= 11 is 0. The molecule has 0 saturated heterocycles. The van der Waals surface area contributed by atoms with E-state index in [4.69, 9.17) is 0 Å². The quantitative estimate of drug-likeness (QED) is 0.165. The molecule has 0 saturated carbocycles. The highest BCUT2D eigenvalue weighted by molar-refractivity contribution is 6.26. The highest BCUT2D eigenvalue weighted by Crippen LogP contribution is 2.44. The molecule has 4 heteroatoms. The molecule has 298 valence electrons. The lowest BCUT2D eigenvalue weighted by molar-refractivity contribution is 1.16. The number of aromatic nitrogens is 4. The van der Waals surface area contributed by atoms with Gasteiger partial charge in [-0.1, -0.05) is 140 Å². The lowest BCUT2D eigenvalue weighted by Crippen LogP contribution is -1.97. The van der Waals surface area contributed by atoms with Crippen LogP contribution < -0.4 is 0 Å². The van der Waals surface area contributed by atoms with E-state index in [1.54, 1.807) is 0 Å². The van der Waals surface area contributed by atoms with E-state index < -0.39 is 0 Å². The molecule has 4 aromatic heterocycles. The Morgan fingerprint density at radius 2 is 0.578 bits per heavy atom. The van der Waals surface area contributed by atoms with Crippen molar-refractivity contribution < 1.29 is 0 Å². The van der Waals surface area contributed by atoms with E-state index in [2.05, 4.69) is 249 Å². The van der Waals surface area contributed by atoms with Gasteiger partial charge in [0.2, 0.25) is 0 Å². The van der Waals surface area contributed by atoms with Gasteiger partial charge in [0.05, 0.1) is 44.1 Å². The summed E-state index contributed by atoms with van der Waals surface area (Å²) in [5, 5.41) is 9.92. The Kier molecular flexibility index (Phi) is 7.36. The fourth-order valence-electron chi connectivity index (χ4n) is 10.8. The van der Waals surface area contributed by atoms with Gasteiger partial charge in [-0.15, -0.1) is 0 Å². The van der Waals surface area contributed by atoms with Crippen molar-refractivity contribution in [2.45, 2.75) is 0 Å². The third kappa shape index (κ3) is 4.93. The number of para-hydroxylation sites is 5. The summed E-state index contributed by atoms with van der Waals surface area (Å²) in [6.45, 7) is 0. The van der Waals surface area contributed by atoms with Crippen LogP contribution in [0.3, 0.4) is 0 Å². The average Bonchev–Trinajstić information content (AvgIpc) is 4.09. The lowest BCUT2D eigenvalue weighted by atomic mass is 10.1. The minimum absolute atomic E-state index is 1.14. The third-order valence-electron chi connectivity index (χ3n) is 13.5. The lowest BCUT2D eigenvalue weighted by Gasteiger charge is -2.12. The molecule has 0 aliphatic rings. The van der Waals surface area contributed by atoms with Crippen LogP contribution in [0.4, 0.5) is 0 Å². The van der Waals surface area contributed by atoms with E-state index in [-0.39, 0.29) is 0 Å². The van der Waals surface area contributed by atoms with Crippen LogP contribution in [0.2, 0.25) is 0 Å². The van der Waals surface area contributed by atoms with Crippen molar-refractivity contribution in [1.29, 1.82) is 0 Å². The van der Waals surface area contributed by atoms with Gasteiger partial charge in [0.1, 0.15) is 0 Å². The van der Waals surface area contributed by atoms with Gasteiger partial charge >= 0.3 is 0 Å². The van der Waals surface area contributed by atoms with Crippen LogP contribution in [0.15, 0.2) is 231 Å². The third-order valence-corrected chi connectivity index (χ3v) is 13.5. The van der Waals surface area contributed by atoms with E-state index in [0.717, 1.165) is 22.7 Å². The Hall–Kier alpha value is -8.60. The van der Waals surface area contributed by atoms with Crippen molar-refractivity contribution in [1.82, 2.24) is 18.3 Å². The Morgan fingerprint density at radius 1 is 0.203 bits per heavy atom. The van der Waals surface area contributed by atoms with E-state index in [0.29, 0.717) is 0 Å². The zero-order chi connectivity index (χ0) is 41.9. The van der Waals surface area contributed by atoms with Crippen molar-refractivity contribution in [2.24, 2.45) is 0 Å². The first-order chi connectivity index (χ1) is 31.8. The second kappa shape index (κ2) is 13.4. The van der Waals surface area contributed by atoms with Gasteiger partial charge in [0.25, 0.3) is 0 Å². The summed E-state index contributed by atoms with van der Waals surface area (Å²) in [5.41, 5.74) is 16.6. The number of rotatable bonds is 5. The second-order valence-corrected chi connectivity index (χ2v) is 16.9. The normalized spacial score (nSPS) is 12.1. The van der Waals surface area contributed by atoms with Crippen molar-refractivity contribution in [3.63, 3.8) is 0 Å². The van der Waals surface area contributed by atoms with Crippen LogP contribution >= 0.6 is 0 Å². The first kappa shape index (κ1) is 35.0. The molecule has 0 radical (unpaired) electrons. The van der Waals surface area contributed by atoms with Crippen LogP contribution in [-0.2, 0) is 0 Å². The predicted octanol–water partition coefficient (Wildman–Crippen LogP) is 15.7. The zero-order valence-electron chi connectivity index (χ0n) is 34.7. The smallest absolute Gasteiger partial charge is 0.0641 e. The summed E-state index contributed by atoms with van der Waals surface area (Å²) in [6.07, 6.45) is 0. The fourth-order valence-corrected chi connectivity index (χ4v) is 10.8. The molecule has 0 bridgehead atoms. The standard InChI is InChI=1S/C60H38N4/c1-3-15-39(16-4-1)40-27-29-42(30-28-40)64-54-25-13-7-19-45(54)48-33-36-58-59(60(48)64)49-22-10-14-26-55(49)63(58)44-32-35-57-51(38-44)47-21-9-12-24-53(47)62(57)43-31-34-56-50(37-43)46-20-8-11-23-52(46)61(56)41-17-5-2-6-18-41/h1-38H. The van der Waals surface area contributed by atoms with Crippen LogP contribution in [0.1, 0.15) is 0 Å². The molecule has 0 aliphatic carbocycles. The van der Waals surface area contributed by atoms with E-state index in [1.807, 2.05) is 0 Å². The molecule has 0 N–H and O–H groups in total. The van der Waals surface area contributed by atoms with Crippen molar-refractivity contribution >= 4 is 87.2 Å². The Morgan fingerprint density at radius 3 is 1.17 bits per heavy atom. The van der Waals surface area contributed by atoms with Gasteiger partial charge in [-0.2, -0.15) is 0 Å². The van der Waals surface area contributed by atoms with Crippen molar-refractivity contribution in [2.75, 3.05) is 0 Å². The van der Waals surface area contributed by atoms with Gasteiger partial charge in [0.15, 0.2) is 0 Å². The van der Waals surface area contributed by atoms with Gasteiger partial charge < -0.3 is 18.3 Å². The summed E-state index contributed by atoms with van der Waals surface area (Å²) in [6, 6.07) is 84.4. The van der Waals surface area contributed by atoms with E-state index in [1.165, 1.54) is 98.4 Å². The molecule has 14 aromatic rings. The first-order valence-corrected chi connectivity index (χ1v) is 22.0. The van der Waals surface area contributed by atoms with Gasteiger partial charge in [-0.05, 0) is 102 Å². The summed E-state index contributed by atoms with van der Waals surface area (Å²) in [5.74, 6) is 0. The number of fused-ring (bicyclic) bond motifs is 13. The maximum Gasteiger partial charge on any atom is 0.0641 e. The molecule has 0 amide bonds. The molecule has 0 fully saturated rings. The largest absolute Gasteiger partial charge is 0.309 e. The Bertz CT molecular complexity index is 4160. The molecule has 0 aliphatic heterocycles. The molecule has 0 unspecified atom stereocenters. The van der Waals surface area contributed by atoms with Gasteiger partial charge in [-0.25, -0.2) is 0 Å². The minimum Gasteiger partial charge on any atom is -0.309 e. The van der Waals surface area contributed by atoms with Crippen LogP contribution in [-0.4, -0.2) is 18.3 Å². The zero-order valence-corrected chi connectivity index (χ0v) is 34.7.